The van der Waals surface area contributed by atoms with Gasteiger partial charge in [0.15, 0.2) is 11.6 Å². The zero-order chi connectivity index (χ0) is 14.4. The van der Waals surface area contributed by atoms with Crippen LogP contribution in [0.1, 0.15) is 19.2 Å². The number of benzene rings is 1. The highest BCUT2D eigenvalue weighted by Gasteiger charge is 2.11. The Labute approximate surface area is 117 Å². The molecule has 0 unspecified atom stereocenters. The van der Waals surface area contributed by atoms with Crippen molar-refractivity contribution in [1.82, 2.24) is 15.5 Å². The molecule has 0 radical (unpaired) electrons. The van der Waals surface area contributed by atoms with Crippen LogP contribution in [0.3, 0.4) is 0 Å². The van der Waals surface area contributed by atoms with Gasteiger partial charge in [0.2, 0.25) is 11.8 Å². The Kier molecular flexibility index (Phi) is 5.06. The third-order valence-electron chi connectivity index (χ3n) is 2.86. The van der Waals surface area contributed by atoms with Gasteiger partial charge in [-0.15, -0.1) is 10.2 Å². The summed E-state index contributed by atoms with van der Waals surface area (Å²) in [5, 5.41) is 11.1. The van der Waals surface area contributed by atoms with Crippen molar-refractivity contribution in [2.75, 3.05) is 20.2 Å². The highest BCUT2D eigenvalue weighted by atomic mass is 19.1. The molecule has 1 aromatic carbocycles. The maximum atomic E-state index is 13.6. The van der Waals surface area contributed by atoms with E-state index in [2.05, 4.69) is 22.4 Å². The van der Waals surface area contributed by atoms with Crippen molar-refractivity contribution in [3.05, 3.63) is 29.9 Å². The molecule has 20 heavy (non-hydrogen) atoms. The molecule has 0 spiro atoms. The summed E-state index contributed by atoms with van der Waals surface area (Å²) in [6.07, 6.45) is 1.63. The second-order valence-electron chi connectivity index (χ2n) is 4.31. The zero-order valence-corrected chi connectivity index (χ0v) is 11.6. The van der Waals surface area contributed by atoms with E-state index in [-0.39, 0.29) is 5.75 Å². The van der Waals surface area contributed by atoms with Gasteiger partial charge in [-0.3, -0.25) is 0 Å². The first-order valence-electron chi connectivity index (χ1n) is 6.61. The third-order valence-corrected chi connectivity index (χ3v) is 2.86. The first-order valence-corrected chi connectivity index (χ1v) is 6.61. The molecule has 5 nitrogen and oxygen atoms in total. The summed E-state index contributed by atoms with van der Waals surface area (Å²) in [6.45, 7) is 3.91. The van der Waals surface area contributed by atoms with E-state index < -0.39 is 5.82 Å². The van der Waals surface area contributed by atoms with Crippen molar-refractivity contribution >= 4 is 0 Å². The summed E-state index contributed by atoms with van der Waals surface area (Å²) in [5.74, 6) is 0.634. The highest BCUT2D eigenvalue weighted by Crippen LogP contribution is 2.24. The first-order chi connectivity index (χ1) is 9.74. The lowest BCUT2D eigenvalue weighted by Gasteiger charge is -2.02. The molecular formula is C14H18FN3O2. The molecule has 108 valence electrons. The molecule has 0 fully saturated rings. The van der Waals surface area contributed by atoms with Crippen LogP contribution in [0.2, 0.25) is 0 Å². The number of hydrogen-bond acceptors (Lipinski definition) is 5. The van der Waals surface area contributed by atoms with Gasteiger partial charge >= 0.3 is 0 Å². The van der Waals surface area contributed by atoms with Gasteiger partial charge in [0.25, 0.3) is 0 Å². The normalized spacial score (nSPS) is 10.8. The van der Waals surface area contributed by atoms with Gasteiger partial charge in [-0.25, -0.2) is 4.39 Å². The fourth-order valence-electron chi connectivity index (χ4n) is 1.81. The topological polar surface area (TPSA) is 60.2 Å². The van der Waals surface area contributed by atoms with Crippen molar-refractivity contribution in [2.45, 2.75) is 19.8 Å². The SMILES string of the molecule is CCNCCCc1nnc(-c2ccc(OC)c(F)c2)o1. The summed E-state index contributed by atoms with van der Waals surface area (Å²) in [5.41, 5.74) is 0.550. The maximum absolute atomic E-state index is 13.6. The monoisotopic (exact) mass is 279 g/mol. The molecule has 6 heteroatoms. The number of hydrogen-bond donors (Lipinski definition) is 1. The average Bonchev–Trinajstić information content (AvgIpc) is 2.92. The summed E-state index contributed by atoms with van der Waals surface area (Å²) >= 11 is 0. The average molecular weight is 279 g/mol. The van der Waals surface area contributed by atoms with E-state index in [1.54, 1.807) is 12.1 Å². The standard InChI is InChI=1S/C14H18FN3O2/c1-3-16-8-4-5-13-17-18-14(20-13)10-6-7-12(19-2)11(15)9-10/h6-7,9,16H,3-5,8H2,1-2H3. The Morgan fingerprint density at radius 3 is 2.90 bits per heavy atom. The van der Waals surface area contributed by atoms with Crippen molar-refractivity contribution in [3.8, 4) is 17.2 Å². The number of nitrogens with one attached hydrogen (secondary N) is 1. The fraction of sp³-hybridized carbons (Fsp3) is 0.429. The number of halogens is 1. The summed E-state index contributed by atoms with van der Waals surface area (Å²) in [7, 11) is 1.42. The number of ether oxygens (including phenoxy) is 1. The molecule has 0 amide bonds. The van der Waals surface area contributed by atoms with Crippen molar-refractivity contribution < 1.29 is 13.5 Å². The van der Waals surface area contributed by atoms with Gasteiger partial charge in [-0.2, -0.15) is 0 Å². The summed E-state index contributed by atoms with van der Waals surface area (Å²) in [6, 6.07) is 4.56. The van der Waals surface area contributed by atoms with E-state index in [1.807, 2.05) is 0 Å². The fourth-order valence-corrected chi connectivity index (χ4v) is 1.81. The maximum Gasteiger partial charge on any atom is 0.247 e. The molecule has 0 bridgehead atoms. The predicted molar refractivity (Wildman–Crippen MR) is 73.1 cm³/mol. The second kappa shape index (κ2) is 7.00. The minimum absolute atomic E-state index is 0.194. The lowest BCUT2D eigenvalue weighted by Crippen LogP contribution is -2.14. The molecule has 0 atom stereocenters. The molecule has 0 aliphatic carbocycles. The van der Waals surface area contributed by atoms with Gasteiger partial charge in [0, 0.05) is 12.0 Å². The Morgan fingerprint density at radius 2 is 2.20 bits per heavy atom. The van der Waals surface area contributed by atoms with E-state index in [1.165, 1.54) is 13.2 Å². The lowest BCUT2D eigenvalue weighted by atomic mass is 10.2. The van der Waals surface area contributed by atoms with Gasteiger partial charge in [-0.1, -0.05) is 6.92 Å². The molecule has 1 aromatic heterocycles. The van der Waals surface area contributed by atoms with E-state index in [4.69, 9.17) is 9.15 Å². The van der Waals surface area contributed by atoms with Crippen molar-refractivity contribution in [1.29, 1.82) is 0 Å². The largest absolute Gasteiger partial charge is 0.494 e. The van der Waals surface area contributed by atoms with E-state index in [0.717, 1.165) is 19.5 Å². The summed E-state index contributed by atoms with van der Waals surface area (Å²) < 4.78 is 24.0. The molecule has 2 aromatic rings. The molecule has 1 heterocycles. The quantitative estimate of drug-likeness (QED) is 0.789. The van der Waals surface area contributed by atoms with Gasteiger partial charge in [0.1, 0.15) is 0 Å². The smallest absolute Gasteiger partial charge is 0.247 e. The van der Waals surface area contributed by atoms with Gasteiger partial charge in [0.05, 0.1) is 7.11 Å². The van der Waals surface area contributed by atoms with E-state index in [9.17, 15) is 4.39 Å². The molecular weight excluding hydrogens is 261 g/mol. The second-order valence-corrected chi connectivity index (χ2v) is 4.31. The number of nitrogens with zero attached hydrogens (tertiary/aromatic N) is 2. The number of aryl methyl sites for hydroxylation is 1. The zero-order valence-electron chi connectivity index (χ0n) is 11.6. The van der Waals surface area contributed by atoms with E-state index >= 15 is 0 Å². The van der Waals surface area contributed by atoms with Crippen molar-refractivity contribution in [3.63, 3.8) is 0 Å². The third kappa shape index (κ3) is 3.54. The Bertz CT molecular complexity index is 557. The minimum Gasteiger partial charge on any atom is -0.494 e. The van der Waals surface area contributed by atoms with Crippen LogP contribution in [0.4, 0.5) is 4.39 Å². The van der Waals surface area contributed by atoms with Crippen molar-refractivity contribution in [2.24, 2.45) is 0 Å². The van der Waals surface area contributed by atoms with Gasteiger partial charge in [-0.05, 0) is 37.7 Å². The number of rotatable bonds is 7. The molecule has 1 N–H and O–H groups in total. The molecule has 0 saturated carbocycles. The molecule has 0 aliphatic rings. The lowest BCUT2D eigenvalue weighted by molar-refractivity contribution is 0.386. The van der Waals surface area contributed by atoms with Crippen LogP contribution < -0.4 is 10.1 Å². The van der Waals surface area contributed by atoms with Gasteiger partial charge < -0.3 is 14.5 Å². The van der Waals surface area contributed by atoms with Crippen LogP contribution in [0.5, 0.6) is 5.75 Å². The van der Waals surface area contributed by atoms with Crippen LogP contribution in [-0.2, 0) is 6.42 Å². The van der Waals surface area contributed by atoms with Crippen LogP contribution in [0.15, 0.2) is 22.6 Å². The van der Waals surface area contributed by atoms with Crippen LogP contribution in [-0.4, -0.2) is 30.4 Å². The number of methoxy groups -OCH3 is 1. The predicted octanol–water partition coefficient (Wildman–Crippen LogP) is 2.43. The van der Waals surface area contributed by atoms with Crippen LogP contribution in [0, 0.1) is 5.82 Å². The molecule has 2 rings (SSSR count). The molecule has 0 saturated heterocycles. The Balaban J connectivity index is 2.03. The molecule has 0 aliphatic heterocycles. The highest BCUT2D eigenvalue weighted by molar-refractivity contribution is 5.54. The van der Waals surface area contributed by atoms with Crippen LogP contribution >= 0.6 is 0 Å². The minimum atomic E-state index is -0.447. The Morgan fingerprint density at radius 1 is 1.35 bits per heavy atom. The van der Waals surface area contributed by atoms with Crippen LogP contribution in [0.25, 0.3) is 11.5 Å². The number of aromatic nitrogens is 2. The first kappa shape index (κ1) is 14.5. The van der Waals surface area contributed by atoms with E-state index in [0.29, 0.717) is 23.8 Å². The summed E-state index contributed by atoms with van der Waals surface area (Å²) in [4.78, 5) is 0. The Hall–Kier alpha value is -1.95.